The lowest BCUT2D eigenvalue weighted by Crippen LogP contribution is -2.11. The third-order valence-corrected chi connectivity index (χ3v) is 4.66. The Morgan fingerprint density at radius 3 is 2.57 bits per heavy atom. The molecule has 1 amide bonds. The SMILES string of the molecule is COc1ccc(NC(=O)c2ccc(COc3cccc4ccccc34)o2)c(OC)c1. The molecule has 1 N–H and O–H groups in total. The van der Waals surface area contributed by atoms with E-state index in [1.165, 1.54) is 7.11 Å². The third-order valence-electron chi connectivity index (χ3n) is 4.66. The van der Waals surface area contributed by atoms with E-state index < -0.39 is 0 Å². The molecule has 4 rings (SSSR count). The van der Waals surface area contributed by atoms with Crippen LogP contribution in [0.4, 0.5) is 5.69 Å². The normalized spacial score (nSPS) is 10.6. The molecule has 30 heavy (non-hydrogen) atoms. The minimum atomic E-state index is -0.380. The molecule has 0 atom stereocenters. The molecule has 0 bridgehead atoms. The minimum Gasteiger partial charge on any atom is -0.497 e. The smallest absolute Gasteiger partial charge is 0.291 e. The van der Waals surface area contributed by atoms with Crippen molar-refractivity contribution in [2.75, 3.05) is 19.5 Å². The maximum Gasteiger partial charge on any atom is 0.291 e. The number of methoxy groups -OCH3 is 2. The van der Waals surface area contributed by atoms with E-state index in [1.54, 1.807) is 37.4 Å². The third kappa shape index (κ3) is 4.07. The molecular weight excluding hydrogens is 382 g/mol. The zero-order valence-corrected chi connectivity index (χ0v) is 16.7. The van der Waals surface area contributed by atoms with Crippen molar-refractivity contribution in [1.29, 1.82) is 0 Å². The molecule has 0 saturated heterocycles. The fourth-order valence-electron chi connectivity index (χ4n) is 3.13. The molecule has 0 aliphatic rings. The first-order valence-corrected chi connectivity index (χ1v) is 9.40. The van der Waals surface area contributed by atoms with Gasteiger partial charge < -0.3 is 23.9 Å². The first-order valence-electron chi connectivity index (χ1n) is 9.40. The van der Waals surface area contributed by atoms with Gasteiger partial charge in [-0.2, -0.15) is 0 Å². The molecule has 4 aromatic rings. The number of fused-ring (bicyclic) bond motifs is 1. The fourth-order valence-corrected chi connectivity index (χ4v) is 3.13. The highest BCUT2D eigenvalue weighted by Gasteiger charge is 2.15. The van der Waals surface area contributed by atoms with E-state index in [2.05, 4.69) is 5.32 Å². The summed E-state index contributed by atoms with van der Waals surface area (Å²) in [6.07, 6.45) is 0. The Balaban J connectivity index is 1.44. The van der Waals surface area contributed by atoms with Gasteiger partial charge in [-0.3, -0.25) is 4.79 Å². The van der Waals surface area contributed by atoms with Crippen LogP contribution in [0.3, 0.4) is 0 Å². The van der Waals surface area contributed by atoms with Crippen LogP contribution in [0.1, 0.15) is 16.3 Å². The van der Waals surface area contributed by atoms with Crippen LogP contribution in [-0.2, 0) is 6.61 Å². The van der Waals surface area contributed by atoms with Crippen LogP contribution < -0.4 is 19.5 Å². The number of benzene rings is 3. The number of hydrogen-bond acceptors (Lipinski definition) is 5. The van der Waals surface area contributed by atoms with Gasteiger partial charge in [-0.15, -0.1) is 0 Å². The molecule has 0 unspecified atom stereocenters. The molecule has 152 valence electrons. The van der Waals surface area contributed by atoms with Crippen molar-refractivity contribution in [2.24, 2.45) is 0 Å². The number of rotatable bonds is 7. The Morgan fingerprint density at radius 2 is 1.73 bits per heavy atom. The van der Waals surface area contributed by atoms with E-state index in [4.69, 9.17) is 18.6 Å². The maximum absolute atomic E-state index is 12.6. The van der Waals surface area contributed by atoms with E-state index in [0.29, 0.717) is 22.9 Å². The molecule has 0 aliphatic carbocycles. The van der Waals surface area contributed by atoms with Gasteiger partial charge in [0.2, 0.25) is 0 Å². The molecule has 3 aromatic carbocycles. The summed E-state index contributed by atoms with van der Waals surface area (Å²) < 4.78 is 22.1. The Bertz CT molecular complexity index is 1180. The van der Waals surface area contributed by atoms with Crippen molar-refractivity contribution in [3.8, 4) is 17.2 Å². The summed E-state index contributed by atoms with van der Waals surface area (Å²) in [4.78, 5) is 12.6. The number of carbonyl (C=O) groups is 1. The predicted octanol–water partition coefficient (Wildman–Crippen LogP) is 5.28. The highest BCUT2D eigenvalue weighted by molar-refractivity contribution is 6.03. The van der Waals surface area contributed by atoms with E-state index in [0.717, 1.165) is 16.5 Å². The average Bonchev–Trinajstić information content (AvgIpc) is 3.27. The standard InChI is InChI=1S/C24H21NO5/c1-27-17-10-12-20(23(14-17)28-2)25-24(26)22-13-11-18(30-22)15-29-21-9-5-7-16-6-3-4-8-19(16)21/h3-14H,15H2,1-2H3,(H,25,26). The number of amides is 1. The van der Waals surface area contributed by atoms with E-state index in [9.17, 15) is 4.79 Å². The molecule has 1 aromatic heterocycles. The van der Waals surface area contributed by atoms with Crippen LogP contribution in [0.25, 0.3) is 10.8 Å². The highest BCUT2D eigenvalue weighted by atomic mass is 16.5. The van der Waals surface area contributed by atoms with E-state index >= 15 is 0 Å². The number of hydrogen-bond donors (Lipinski definition) is 1. The molecule has 0 spiro atoms. The van der Waals surface area contributed by atoms with Crippen molar-refractivity contribution < 1.29 is 23.4 Å². The second-order valence-electron chi connectivity index (χ2n) is 6.55. The van der Waals surface area contributed by atoms with Gasteiger partial charge in [0.25, 0.3) is 5.91 Å². The van der Waals surface area contributed by atoms with Crippen molar-refractivity contribution >= 4 is 22.4 Å². The second-order valence-corrected chi connectivity index (χ2v) is 6.55. The first kappa shape index (κ1) is 19.4. The topological polar surface area (TPSA) is 69.9 Å². The largest absolute Gasteiger partial charge is 0.497 e. The van der Waals surface area contributed by atoms with Gasteiger partial charge in [0.15, 0.2) is 5.76 Å². The van der Waals surface area contributed by atoms with Gasteiger partial charge >= 0.3 is 0 Å². The van der Waals surface area contributed by atoms with Crippen LogP contribution in [0.2, 0.25) is 0 Å². The Kier molecular flexibility index (Phi) is 5.57. The fraction of sp³-hybridized carbons (Fsp3) is 0.125. The Hall–Kier alpha value is -3.93. The maximum atomic E-state index is 12.6. The van der Waals surface area contributed by atoms with Gasteiger partial charge in [0, 0.05) is 11.5 Å². The van der Waals surface area contributed by atoms with Crippen LogP contribution in [0, 0.1) is 0 Å². The summed E-state index contributed by atoms with van der Waals surface area (Å²) in [5, 5.41) is 4.91. The minimum absolute atomic E-state index is 0.185. The molecule has 0 aliphatic heterocycles. The molecule has 0 radical (unpaired) electrons. The molecule has 0 fully saturated rings. The van der Waals surface area contributed by atoms with Crippen molar-refractivity contribution in [1.82, 2.24) is 0 Å². The van der Waals surface area contributed by atoms with Crippen LogP contribution in [-0.4, -0.2) is 20.1 Å². The molecule has 1 heterocycles. The summed E-state index contributed by atoms with van der Waals surface area (Å²) >= 11 is 0. The van der Waals surface area contributed by atoms with Gasteiger partial charge in [0.05, 0.1) is 19.9 Å². The number of anilines is 1. The van der Waals surface area contributed by atoms with E-state index in [1.807, 2.05) is 42.5 Å². The number of nitrogens with one attached hydrogen (secondary N) is 1. The van der Waals surface area contributed by atoms with Crippen LogP contribution in [0.15, 0.2) is 77.2 Å². The molecule has 6 nitrogen and oxygen atoms in total. The quantitative estimate of drug-likeness (QED) is 0.455. The monoisotopic (exact) mass is 403 g/mol. The first-order chi connectivity index (χ1) is 14.7. The average molecular weight is 403 g/mol. The number of ether oxygens (including phenoxy) is 3. The summed E-state index contributed by atoms with van der Waals surface area (Å²) in [6.45, 7) is 0.215. The summed E-state index contributed by atoms with van der Waals surface area (Å²) in [6, 6.07) is 22.4. The number of carbonyl (C=O) groups excluding carboxylic acids is 1. The molecule has 6 heteroatoms. The molecule has 0 saturated carbocycles. The summed E-state index contributed by atoms with van der Waals surface area (Å²) in [5.41, 5.74) is 0.522. The lowest BCUT2D eigenvalue weighted by molar-refractivity contribution is 0.0992. The van der Waals surface area contributed by atoms with Gasteiger partial charge in [-0.05, 0) is 35.7 Å². The van der Waals surface area contributed by atoms with E-state index in [-0.39, 0.29) is 18.3 Å². The van der Waals surface area contributed by atoms with Crippen LogP contribution >= 0.6 is 0 Å². The number of furan rings is 1. The lowest BCUT2D eigenvalue weighted by atomic mass is 10.1. The molecular formula is C24H21NO5. The lowest BCUT2D eigenvalue weighted by Gasteiger charge is -2.11. The van der Waals surface area contributed by atoms with Crippen molar-refractivity contribution in [3.05, 3.63) is 84.3 Å². The Labute approximate surface area is 174 Å². The zero-order chi connectivity index (χ0) is 20.9. The Morgan fingerprint density at radius 1 is 0.900 bits per heavy atom. The summed E-state index contributed by atoms with van der Waals surface area (Å²) in [5.74, 6) is 2.25. The van der Waals surface area contributed by atoms with Gasteiger partial charge in [-0.1, -0.05) is 36.4 Å². The predicted molar refractivity (Wildman–Crippen MR) is 114 cm³/mol. The zero-order valence-electron chi connectivity index (χ0n) is 16.7. The van der Waals surface area contributed by atoms with Gasteiger partial charge in [0.1, 0.15) is 29.6 Å². The van der Waals surface area contributed by atoms with Crippen molar-refractivity contribution in [3.63, 3.8) is 0 Å². The summed E-state index contributed by atoms with van der Waals surface area (Å²) in [7, 11) is 3.10. The second kappa shape index (κ2) is 8.61. The highest BCUT2D eigenvalue weighted by Crippen LogP contribution is 2.30. The van der Waals surface area contributed by atoms with Gasteiger partial charge in [-0.25, -0.2) is 0 Å². The van der Waals surface area contributed by atoms with Crippen molar-refractivity contribution in [2.45, 2.75) is 6.61 Å². The van der Waals surface area contributed by atoms with Crippen LogP contribution in [0.5, 0.6) is 17.2 Å².